The molecule has 1 aromatic carbocycles. The van der Waals surface area contributed by atoms with Crippen LogP contribution in [0.25, 0.3) is 0 Å². The van der Waals surface area contributed by atoms with Crippen LogP contribution in [-0.2, 0) is 6.54 Å². The number of aromatic hydroxyl groups is 2. The van der Waals surface area contributed by atoms with Gasteiger partial charge in [-0.3, -0.25) is 4.99 Å². The lowest BCUT2D eigenvalue weighted by Crippen LogP contribution is -2.00. The number of aliphatic imine (C=N–C) groups is 1. The number of imidazole rings is 1. The van der Waals surface area contributed by atoms with Crippen molar-refractivity contribution in [1.82, 2.24) is 9.55 Å². The third-order valence-corrected chi connectivity index (χ3v) is 2.85. The number of hydrogen-bond acceptors (Lipinski definition) is 4. The molecule has 0 aliphatic rings. The molecule has 0 aliphatic heterocycles. The molecular weight excluding hydrogens is 242 g/mol. The number of aryl methyl sites for hydroxylation is 1. The maximum Gasteiger partial charge on any atom is 0.128 e. The van der Waals surface area contributed by atoms with Gasteiger partial charge in [0.2, 0.25) is 0 Å². The Morgan fingerprint density at radius 1 is 1.37 bits per heavy atom. The Bertz CT molecular complexity index is 562. The summed E-state index contributed by atoms with van der Waals surface area (Å²) in [6.45, 7) is 3.41. The molecule has 0 saturated carbocycles. The molecule has 0 atom stereocenters. The Balaban J connectivity index is 1.91. The van der Waals surface area contributed by atoms with E-state index in [1.165, 1.54) is 6.07 Å². The molecule has 1 heterocycles. The predicted molar refractivity (Wildman–Crippen MR) is 73.7 cm³/mol. The predicted octanol–water partition coefficient (Wildman–Crippen LogP) is 2.19. The van der Waals surface area contributed by atoms with E-state index in [4.69, 9.17) is 0 Å². The lowest BCUT2D eigenvalue weighted by molar-refractivity contribution is 0.450. The highest BCUT2D eigenvalue weighted by Gasteiger charge is 2.04. The number of nitrogens with zero attached hydrogens (tertiary/aromatic N) is 3. The Morgan fingerprint density at radius 3 is 2.89 bits per heavy atom. The third-order valence-electron chi connectivity index (χ3n) is 2.85. The molecular formula is C14H17N3O2. The van der Waals surface area contributed by atoms with Gasteiger partial charge >= 0.3 is 0 Å². The van der Waals surface area contributed by atoms with E-state index >= 15 is 0 Å². The first kappa shape index (κ1) is 13.1. The van der Waals surface area contributed by atoms with Crippen molar-refractivity contribution in [3.63, 3.8) is 0 Å². The lowest BCUT2D eigenvalue weighted by atomic mass is 10.1. The van der Waals surface area contributed by atoms with Crippen LogP contribution in [0.15, 0.2) is 41.9 Å². The Hall–Kier alpha value is -2.30. The van der Waals surface area contributed by atoms with Gasteiger partial charge in [-0.1, -0.05) is 0 Å². The summed E-state index contributed by atoms with van der Waals surface area (Å²) >= 11 is 0. The smallest absolute Gasteiger partial charge is 0.128 e. The van der Waals surface area contributed by atoms with Crippen molar-refractivity contribution < 1.29 is 10.2 Å². The van der Waals surface area contributed by atoms with Crippen LogP contribution in [0.2, 0.25) is 0 Å². The van der Waals surface area contributed by atoms with Gasteiger partial charge in [0.15, 0.2) is 0 Å². The zero-order valence-electron chi connectivity index (χ0n) is 10.8. The monoisotopic (exact) mass is 259 g/mol. The molecule has 0 fully saturated rings. The summed E-state index contributed by atoms with van der Waals surface area (Å²) in [6.07, 6.45) is 6.36. The first-order valence-electron chi connectivity index (χ1n) is 6.16. The second-order valence-electron chi connectivity index (χ2n) is 4.32. The minimum absolute atomic E-state index is 0.0501. The summed E-state index contributed by atoms with van der Waals surface area (Å²) in [4.78, 5) is 8.40. The molecule has 0 aliphatic carbocycles. The van der Waals surface area contributed by atoms with Crippen molar-refractivity contribution in [2.75, 3.05) is 6.54 Å². The van der Waals surface area contributed by atoms with E-state index in [-0.39, 0.29) is 11.5 Å². The van der Waals surface area contributed by atoms with Gasteiger partial charge in [0.05, 0.1) is 6.33 Å². The molecule has 0 radical (unpaired) electrons. The van der Waals surface area contributed by atoms with Crippen LogP contribution in [0.4, 0.5) is 0 Å². The van der Waals surface area contributed by atoms with Gasteiger partial charge < -0.3 is 14.8 Å². The number of phenols is 2. The summed E-state index contributed by atoms with van der Waals surface area (Å²) in [5.74, 6) is 0.102. The van der Waals surface area contributed by atoms with E-state index in [1.54, 1.807) is 24.7 Å². The first-order chi connectivity index (χ1) is 9.16. The van der Waals surface area contributed by atoms with Crippen molar-refractivity contribution in [3.8, 4) is 11.5 Å². The van der Waals surface area contributed by atoms with Crippen molar-refractivity contribution in [2.24, 2.45) is 4.99 Å². The van der Waals surface area contributed by atoms with Gasteiger partial charge in [0.25, 0.3) is 0 Å². The SMILES string of the molecule is C/C(=N\CCCn1ccnc1)c1ccc(O)cc1O. The van der Waals surface area contributed by atoms with Crippen LogP contribution in [-0.4, -0.2) is 32.0 Å². The largest absolute Gasteiger partial charge is 0.508 e. The maximum absolute atomic E-state index is 9.72. The highest BCUT2D eigenvalue weighted by Crippen LogP contribution is 2.23. The quantitative estimate of drug-likeness (QED) is 0.638. The molecule has 0 bridgehead atoms. The van der Waals surface area contributed by atoms with E-state index in [0.29, 0.717) is 12.1 Å². The minimum atomic E-state index is 0.0501. The van der Waals surface area contributed by atoms with Crippen LogP contribution in [0.1, 0.15) is 18.9 Å². The fourth-order valence-corrected chi connectivity index (χ4v) is 1.83. The van der Waals surface area contributed by atoms with Crippen molar-refractivity contribution in [3.05, 3.63) is 42.5 Å². The van der Waals surface area contributed by atoms with Gasteiger partial charge in [-0.15, -0.1) is 0 Å². The van der Waals surface area contributed by atoms with E-state index < -0.39 is 0 Å². The number of hydrogen-bond donors (Lipinski definition) is 2. The minimum Gasteiger partial charge on any atom is -0.508 e. The van der Waals surface area contributed by atoms with Crippen molar-refractivity contribution in [2.45, 2.75) is 19.9 Å². The van der Waals surface area contributed by atoms with Gasteiger partial charge in [-0.2, -0.15) is 0 Å². The molecule has 5 heteroatoms. The van der Waals surface area contributed by atoms with Crippen molar-refractivity contribution >= 4 is 5.71 Å². The zero-order chi connectivity index (χ0) is 13.7. The molecule has 0 spiro atoms. The van der Waals surface area contributed by atoms with Crippen LogP contribution >= 0.6 is 0 Å². The highest BCUT2D eigenvalue weighted by molar-refractivity contribution is 6.01. The van der Waals surface area contributed by atoms with Gasteiger partial charge in [-0.25, -0.2) is 4.98 Å². The second kappa shape index (κ2) is 6.04. The third kappa shape index (κ3) is 3.58. The summed E-state index contributed by atoms with van der Waals surface area (Å²) in [5, 5.41) is 18.9. The van der Waals surface area contributed by atoms with Gasteiger partial charge in [-0.05, 0) is 25.5 Å². The van der Waals surface area contributed by atoms with E-state index in [2.05, 4.69) is 9.98 Å². The fourth-order valence-electron chi connectivity index (χ4n) is 1.83. The molecule has 2 N–H and O–H groups in total. The topological polar surface area (TPSA) is 70.6 Å². The summed E-state index contributed by atoms with van der Waals surface area (Å²) in [6, 6.07) is 4.53. The van der Waals surface area contributed by atoms with Crippen LogP contribution in [0.5, 0.6) is 11.5 Å². The highest BCUT2D eigenvalue weighted by atomic mass is 16.3. The Kier molecular flexibility index (Phi) is 4.18. The van der Waals surface area contributed by atoms with E-state index in [0.717, 1.165) is 18.7 Å². The molecule has 100 valence electrons. The Labute approximate surface area is 111 Å². The Morgan fingerprint density at radius 2 is 2.21 bits per heavy atom. The number of phenolic OH excluding ortho intramolecular Hbond substituents is 2. The zero-order valence-corrected chi connectivity index (χ0v) is 10.8. The molecule has 0 amide bonds. The molecule has 19 heavy (non-hydrogen) atoms. The first-order valence-corrected chi connectivity index (χ1v) is 6.16. The van der Waals surface area contributed by atoms with E-state index in [1.807, 2.05) is 17.7 Å². The number of rotatable bonds is 5. The summed E-state index contributed by atoms with van der Waals surface area (Å²) in [5.41, 5.74) is 1.42. The van der Waals surface area contributed by atoms with Crippen LogP contribution in [0.3, 0.4) is 0 Å². The average molecular weight is 259 g/mol. The fraction of sp³-hybridized carbons (Fsp3) is 0.286. The summed E-state index contributed by atoms with van der Waals surface area (Å²) in [7, 11) is 0. The standard InChI is InChI=1S/C14H17N3O2/c1-11(13-4-3-12(18)9-14(13)19)16-5-2-7-17-8-6-15-10-17/h3-4,6,8-10,18-19H,2,5,7H2,1H3/b16-11+. The van der Waals surface area contributed by atoms with Gasteiger partial charge in [0.1, 0.15) is 11.5 Å². The normalized spacial score (nSPS) is 11.7. The van der Waals surface area contributed by atoms with Crippen LogP contribution in [0, 0.1) is 0 Å². The van der Waals surface area contributed by atoms with Crippen LogP contribution < -0.4 is 0 Å². The summed E-state index contributed by atoms with van der Waals surface area (Å²) < 4.78 is 2.00. The van der Waals surface area contributed by atoms with Crippen molar-refractivity contribution in [1.29, 1.82) is 0 Å². The molecule has 2 aromatic rings. The molecule has 5 nitrogen and oxygen atoms in total. The number of aromatic nitrogens is 2. The average Bonchev–Trinajstić information content (AvgIpc) is 2.87. The van der Waals surface area contributed by atoms with E-state index in [9.17, 15) is 10.2 Å². The molecule has 1 aromatic heterocycles. The lowest BCUT2D eigenvalue weighted by Gasteiger charge is -2.05. The molecule has 0 saturated heterocycles. The van der Waals surface area contributed by atoms with Gasteiger partial charge in [0, 0.05) is 42.8 Å². The molecule has 0 unspecified atom stereocenters. The number of benzene rings is 1. The molecule has 2 rings (SSSR count). The second-order valence-corrected chi connectivity index (χ2v) is 4.32. The maximum atomic E-state index is 9.72.